The number of nitrogens with zero attached hydrogens (tertiary/aromatic N) is 2. The Hall–Kier alpha value is -3.19. The molecule has 1 N–H and O–H groups in total. The van der Waals surface area contributed by atoms with Crippen LogP contribution in [-0.4, -0.2) is 41.4 Å². The van der Waals surface area contributed by atoms with Crippen LogP contribution in [0.2, 0.25) is 0 Å². The lowest BCUT2D eigenvalue weighted by atomic mass is 10.1. The molecule has 0 saturated carbocycles. The number of benzene rings is 2. The molecule has 7 heteroatoms. The molecule has 6 nitrogen and oxygen atoms in total. The summed E-state index contributed by atoms with van der Waals surface area (Å²) < 4.78 is 5.45. The van der Waals surface area contributed by atoms with E-state index in [-0.39, 0.29) is 11.8 Å². The highest BCUT2D eigenvalue weighted by atomic mass is 32.1. The van der Waals surface area contributed by atoms with Crippen LogP contribution in [0.15, 0.2) is 53.9 Å². The van der Waals surface area contributed by atoms with Gasteiger partial charge < -0.3 is 15.0 Å². The van der Waals surface area contributed by atoms with Crippen molar-refractivity contribution in [3.8, 4) is 16.3 Å². The van der Waals surface area contributed by atoms with Crippen molar-refractivity contribution in [3.63, 3.8) is 0 Å². The van der Waals surface area contributed by atoms with Crippen molar-refractivity contribution >= 4 is 28.8 Å². The summed E-state index contributed by atoms with van der Waals surface area (Å²) in [5, 5.41) is 5.32. The smallest absolute Gasteiger partial charge is 0.275 e. The van der Waals surface area contributed by atoms with E-state index in [0.29, 0.717) is 36.6 Å². The van der Waals surface area contributed by atoms with Crippen LogP contribution in [-0.2, 0) is 0 Å². The molecule has 1 heterocycles. The number of anilines is 1. The van der Waals surface area contributed by atoms with E-state index in [1.807, 2.05) is 45.0 Å². The Morgan fingerprint density at radius 3 is 2.47 bits per heavy atom. The van der Waals surface area contributed by atoms with Crippen molar-refractivity contribution in [1.82, 2.24) is 9.88 Å². The fraction of sp³-hybridized carbons (Fsp3) is 0.261. The summed E-state index contributed by atoms with van der Waals surface area (Å²) in [4.78, 5) is 31.4. The number of carbonyl (C=O) groups is 2. The van der Waals surface area contributed by atoms with Gasteiger partial charge in [-0.05, 0) is 63.2 Å². The van der Waals surface area contributed by atoms with E-state index in [0.717, 1.165) is 16.3 Å². The van der Waals surface area contributed by atoms with E-state index in [1.54, 1.807) is 34.5 Å². The third-order valence-electron chi connectivity index (χ3n) is 4.57. The van der Waals surface area contributed by atoms with Crippen molar-refractivity contribution < 1.29 is 14.3 Å². The number of carbonyl (C=O) groups excluding carboxylic acids is 2. The van der Waals surface area contributed by atoms with Crippen LogP contribution >= 0.6 is 11.3 Å². The zero-order valence-electron chi connectivity index (χ0n) is 17.3. The van der Waals surface area contributed by atoms with Gasteiger partial charge in [0.1, 0.15) is 16.5 Å². The molecule has 0 bridgehead atoms. The largest absolute Gasteiger partial charge is 0.494 e. The summed E-state index contributed by atoms with van der Waals surface area (Å²) in [5.41, 5.74) is 2.37. The Balaban J connectivity index is 1.71. The number of rotatable bonds is 8. The normalized spacial score (nSPS) is 10.5. The Morgan fingerprint density at radius 2 is 1.80 bits per heavy atom. The first kappa shape index (κ1) is 21.5. The molecular formula is C23H25N3O3S. The maximum absolute atomic E-state index is 12.6. The van der Waals surface area contributed by atoms with Gasteiger partial charge in [-0.3, -0.25) is 9.59 Å². The Labute approximate surface area is 180 Å². The number of hydrogen-bond acceptors (Lipinski definition) is 5. The van der Waals surface area contributed by atoms with Gasteiger partial charge in [-0.2, -0.15) is 0 Å². The first-order valence-corrected chi connectivity index (χ1v) is 10.8. The van der Waals surface area contributed by atoms with Crippen LogP contribution in [0.1, 0.15) is 41.6 Å². The molecule has 3 aromatic rings. The predicted octanol–water partition coefficient (Wildman–Crippen LogP) is 4.94. The van der Waals surface area contributed by atoms with Gasteiger partial charge in [0.15, 0.2) is 0 Å². The van der Waals surface area contributed by atoms with Crippen molar-refractivity contribution in [2.24, 2.45) is 0 Å². The molecule has 0 atom stereocenters. The molecule has 1 aromatic heterocycles. The monoisotopic (exact) mass is 423 g/mol. The van der Waals surface area contributed by atoms with E-state index in [1.165, 1.54) is 11.3 Å². The first-order chi connectivity index (χ1) is 14.5. The maximum atomic E-state index is 12.6. The van der Waals surface area contributed by atoms with Crippen molar-refractivity contribution in [2.75, 3.05) is 25.0 Å². The minimum atomic E-state index is -0.309. The summed E-state index contributed by atoms with van der Waals surface area (Å²) in [7, 11) is 0. The molecule has 3 rings (SSSR count). The number of aromatic nitrogens is 1. The number of amides is 2. The molecule has 0 aliphatic carbocycles. The number of ether oxygens (including phenoxy) is 1. The third kappa shape index (κ3) is 5.04. The summed E-state index contributed by atoms with van der Waals surface area (Å²) in [6, 6.07) is 14.6. The molecule has 0 aliphatic rings. The van der Waals surface area contributed by atoms with Crippen LogP contribution in [0.4, 0.5) is 5.69 Å². The molecule has 0 aliphatic heterocycles. The SMILES string of the molecule is CCOc1ccc(-c2nc(C(=O)Nc3cccc(C(=O)N(CC)CC)c3)cs2)cc1. The van der Waals surface area contributed by atoms with Crippen LogP contribution < -0.4 is 10.1 Å². The Bertz CT molecular complexity index is 1010. The molecule has 0 saturated heterocycles. The highest BCUT2D eigenvalue weighted by Crippen LogP contribution is 2.26. The standard InChI is InChI=1S/C23H25N3O3S/c1-4-26(5-2)23(28)17-8-7-9-18(14-17)24-21(27)20-15-30-22(25-20)16-10-12-19(13-11-16)29-6-3/h7-15H,4-6H2,1-3H3,(H,24,27). The second-order valence-corrected chi connectivity index (χ2v) is 7.37. The van der Waals surface area contributed by atoms with E-state index >= 15 is 0 Å². The average molecular weight is 424 g/mol. The number of hydrogen-bond donors (Lipinski definition) is 1. The Morgan fingerprint density at radius 1 is 1.07 bits per heavy atom. The van der Waals surface area contributed by atoms with E-state index < -0.39 is 0 Å². The van der Waals surface area contributed by atoms with Crippen LogP contribution in [0.25, 0.3) is 10.6 Å². The van der Waals surface area contributed by atoms with Crippen molar-refractivity contribution in [2.45, 2.75) is 20.8 Å². The molecule has 0 unspecified atom stereocenters. The zero-order valence-corrected chi connectivity index (χ0v) is 18.2. The van der Waals surface area contributed by atoms with Gasteiger partial charge in [0.25, 0.3) is 11.8 Å². The number of thiazole rings is 1. The van der Waals surface area contributed by atoms with Crippen molar-refractivity contribution in [1.29, 1.82) is 0 Å². The quantitative estimate of drug-likeness (QED) is 0.557. The van der Waals surface area contributed by atoms with Crippen molar-refractivity contribution in [3.05, 3.63) is 65.2 Å². The van der Waals surface area contributed by atoms with E-state index in [9.17, 15) is 9.59 Å². The minimum Gasteiger partial charge on any atom is -0.494 e. The van der Waals surface area contributed by atoms with Gasteiger partial charge in [0.2, 0.25) is 0 Å². The molecular weight excluding hydrogens is 398 g/mol. The lowest BCUT2D eigenvalue weighted by Crippen LogP contribution is -2.30. The van der Waals surface area contributed by atoms with Gasteiger partial charge in [-0.15, -0.1) is 11.3 Å². The highest BCUT2D eigenvalue weighted by molar-refractivity contribution is 7.13. The molecule has 0 radical (unpaired) electrons. The lowest BCUT2D eigenvalue weighted by Gasteiger charge is -2.18. The molecule has 30 heavy (non-hydrogen) atoms. The second kappa shape index (κ2) is 10.0. The Kier molecular flexibility index (Phi) is 7.19. The third-order valence-corrected chi connectivity index (χ3v) is 5.46. The summed E-state index contributed by atoms with van der Waals surface area (Å²) in [6.45, 7) is 7.71. The maximum Gasteiger partial charge on any atom is 0.275 e. The fourth-order valence-electron chi connectivity index (χ4n) is 2.99. The zero-order chi connectivity index (χ0) is 21.5. The minimum absolute atomic E-state index is 0.0532. The molecule has 0 spiro atoms. The molecule has 156 valence electrons. The van der Waals surface area contributed by atoms with Gasteiger partial charge >= 0.3 is 0 Å². The molecule has 0 fully saturated rings. The van der Waals surface area contributed by atoms with Crippen LogP contribution in [0.3, 0.4) is 0 Å². The van der Waals surface area contributed by atoms with Gasteiger partial charge in [0.05, 0.1) is 6.61 Å². The van der Waals surface area contributed by atoms with Gasteiger partial charge in [-0.25, -0.2) is 4.98 Å². The average Bonchev–Trinajstić information content (AvgIpc) is 3.26. The summed E-state index contributed by atoms with van der Waals surface area (Å²) in [5.74, 6) is 0.438. The van der Waals surface area contributed by atoms with Gasteiger partial charge in [-0.1, -0.05) is 6.07 Å². The summed E-state index contributed by atoms with van der Waals surface area (Å²) >= 11 is 1.41. The first-order valence-electron chi connectivity index (χ1n) is 9.95. The highest BCUT2D eigenvalue weighted by Gasteiger charge is 2.15. The number of nitrogens with one attached hydrogen (secondary N) is 1. The lowest BCUT2D eigenvalue weighted by molar-refractivity contribution is 0.0772. The molecule has 2 aromatic carbocycles. The fourth-order valence-corrected chi connectivity index (χ4v) is 3.80. The van der Waals surface area contributed by atoms with E-state index in [4.69, 9.17) is 4.74 Å². The van der Waals surface area contributed by atoms with E-state index in [2.05, 4.69) is 10.3 Å². The predicted molar refractivity (Wildman–Crippen MR) is 120 cm³/mol. The van der Waals surface area contributed by atoms with Gasteiger partial charge in [0, 0.05) is 35.3 Å². The molecule has 2 amide bonds. The van der Waals surface area contributed by atoms with Crippen LogP contribution in [0, 0.1) is 0 Å². The second-order valence-electron chi connectivity index (χ2n) is 6.51. The summed E-state index contributed by atoms with van der Waals surface area (Å²) in [6.07, 6.45) is 0. The van der Waals surface area contributed by atoms with Crippen LogP contribution in [0.5, 0.6) is 5.75 Å². The topological polar surface area (TPSA) is 71.5 Å².